The maximum absolute atomic E-state index is 12.8. The monoisotopic (exact) mass is 396 g/mol. The molecule has 1 N–H and O–H groups in total. The van der Waals surface area contributed by atoms with Crippen LogP contribution in [-0.4, -0.2) is 60.5 Å². The Morgan fingerprint density at radius 2 is 1.83 bits per heavy atom. The van der Waals surface area contributed by atoms with Gasteiger partial charge in [-0.05, 0) is 42.7 Å². The number of hydrogen-bond donors (Lipinski definition) is 1. The van der Waals surface area contributed by atoms with Gasteiger partial charge in [0.2, 0.25) is 5.91 Å². The SMILES string of the molecule is COc1cccc(C(O)CN(C)C(=O)C2CCN(C(=O)c3ccccc3)CC2)c1. The van der Waals surface area contributed by atoms with E-state index in [4.69, 9.17) is 4.74 Å². The van der Waals surface area contributed by atoms with Gasteiger partial charge in [-0.2, -0.15) is 0 Å². The maximum atomic E-state index is 12.8. The highest BCUT2D eigenvalue weighted by atomic mass is 16.5. The van der Waals surface area contributed by atoms with Gasteiger partial charge in [-0.3, -0.25) is 9.59 Å². The fraction of sp³-hybridized carbons (Fsp3) is 0.391. The molecule has 1 heterocycles. The lowest BCUT2D eigenvalue weighted by Crippen LogP contribution is -2.44. The van der Waals surface area contributed by atoms with Crippen molar-refractivity contribution >= 4 is 11.8 Å². The molecule has 0 aromatic heterocycles. The van der Waals surface area contributed by atoms with E-state index in [1.807, 2.05) is 53.4 Å². The van der Waals surface area contributed by atoms with Gasteiger partial charge < -0.3 is 19.6 Å². The number of nitrogens with zero attached hydrogens (tertiary/aromatic N) is 2. The van der Waals surface area contributed by atoms with Crippen LogP contribution in [-0.2, 0) is 4.79 Å². The molecule has 3 rings (SSSR count). The van der Waals surface area contributed by atoms with Crippen LogP contribution in [0.25, 0.3) is 0 Å². The summed E-state index contributed by atoms with van der Waals surface area (Å²) in [5.74, 6) is 0.570. The van der Waals surface area contributed by atoms with Gasteiger partial charge in [0.05, 0.1) is 19.8 Å². The molecule has 1 saturated heterocycles. The number of carbonyl (C=O) groups is 2. The van der Waals surface area contributed by atoms with Gasteiger partial charge in [-0.25, -0.2) is 0 Å². The molecule has 1 unspecified atom stereocenters. The normalized spacial score (nSPS) is 15.6. The molecule has 29 heavy (non-hydrogen) atoms. The van der Waals surface area contributed by atoms with Gasteiger partial charge in [0.1, 0.15) is 5.75 Å². The summed E-state index contributed by atoms with van der Waals surface area (Å²) in [6.45, 7) is 1.35. The quantitative estimate of drug-likeness (QED) is 0.815. The fourth-order valence-electron chi connectivity index (χ4n) is 3.71. The third kappa shape index (κ3) is 5.15. The molecule has 1 fully saturated rings. The topological polar surface area (TPSA) is 70.1 Å². The van der Waals surface area contributed by atoms with E-state index in [0.29, 0.717) is 42.8 Å². The average Bonchev–Trinajstić information content (AvgIpc) is 2.78. The maximum Gasteiger partial charge on any atom is 0.253 e. The summed E-state index contributed by atoms with van der Waals surface area (Å²) >= 11 is 0. The van der Waals surface area contributed by atoms with Crippen molar-refractivity contribution in [3.05, 3.63) is 65.7 Å². The van der Waals surface area contributed by atoms with Crippen molar-refractivity contribution in [2.75, 3.05) is 33.8 Å². The predicted octanol–water partition coefficient (Wildman–Crippen LogP) is 2.74. The number of aliphatic hydroxyl groups excluding tert-OH is 1. The fourth-order valence-corrected chi connectivity index (χ4v) is 3.71. The zero-order valence-electron chi connectivity index (χ0n) is 17.0. The van der Waals surface area contributed by atoms with Gasteiger partial charge in [0, 0.05) is 31.6 Å². The summed E-state index contributed by atoms with van der Waals surface area (Å²) in [6.07, 6.45) is 0.493. The van der Waals surface area contributed by atoms with Crippen LogP contribution in [0.15, 0.2) is 54.6 Å². The molecule has 154 valence electrons. The number of rotatable bonds is 6. The first-order valence-corrected chi connectivity index (χ1v) is 9.91. The van der Waals surface area contributed by atoms with Crippen LogP contribution in [0.5, 0.6) is 5.75 Å². The van der Waals surface area contributed by atoms with E-state index in [9.17, 15) is 14.7 Å². The van der Waals surface area contributed by atoms with Crippen LogP contribution in [0.1, 0.15) is 34.9 Å². The second-order valence-corrected chi connectivity index (χ2v) is 7.44. The van der Waals surface area contributed by atoms with Gasteiger partial charge in [0.15, 0.2) is 0 Å². The minimum Gasteiger partial charge on any atom is -0.497 e. The largest absolute Gasteiger partial charge is 0.497 e. The van der Waals surface area contributed by atoms with Crippen molar-refractivity contribution in [3.63, 3.8) is 0 Å². The van der Waals surface area contributed by atoms with E-state index in [0.717, 1.165) is 0 Å². The lowest BCUT2D eigenvalue weighted by atomic mass is 9.94. The molecule has 0 aliphatic carbocycles. The third-order valence-electron chi connectivity index (χ3n) is 5.45. The second kappa shape index (κ2) is 9.56. The zero-order chi connectivity index (χ0) is 20.8. The van der Waals surface area contributed by atoms with Crippen LogP contribution in [0.3, 0.4) is 0 Å². The zero-order valence-corrected chi connectivity index (χ0v) is 17.0. The smallest absolute Gasteiger partial charge is 0.253 e. The van der Waals surface area contributed by atoms with Crippen molar-refractivity contribution in [3.8, 4) is 5.75 Å². The Labute approximate surface area is 171 Å². The predicted molar refractivity (Wildman–Crippen MR) is 111 cm³/mol. The van der Waals surface area contributed by atoms with E-state index in [2.05, 4.69) is 0 Å². The highest BCUT2D eigenvalue weighted by molar-refractivity contribution is 5.94. The summed E-state index contributed by atoms with van der Waals surface area (Å²) in [5, 5.41) is 10.5. The Kier molecular flexibility index (Phi) is 6.88. The third-order valence-corrected chi connectivity index (χ3v) is 5.45. The Balaban J connectivity index is 1.52. The average molecular weight is 396 g/mol. The highest BCUT2D eigenvalue weighted by Gasteiger charge is 2.30. The van der Waals surface area contributed by atoms with Gasteiger partial charge in [-0.1, -0.05) is 30.3 Å². The first-order chi connectivity index (χ1) is 14.0. The van der Waals surface area contributed by atoms with Crippen molar-refractivity contribution in [2.45, 2.75) is 18.9 Å². The van der Waals surface area contributed by atoms with Crippen molar-refractivity contribution in [1.82, 2.24) is 9.80 Å². The molecule has 6 nitrogen and oxygen atoms in total. The molecule has 2 aromatic rings. The van der Waals surface area contributed by atoms with Crippen LogP contribution in [0.4, 0.5) is 0 Å². The molecule has 2 amide bonds. The summed E-state index contributed by atoms with van der Waals surface area (Å²) in [5.41, 5.74) is 1.39. The Morgan fingerprint density at radius 3 is 2.48 bits per heavy atom. The molecule has 0 bridgehead atoms. The van der Waals surface area contributed by atoms with Crippen molar-refractivity contribution < 1.29 is 19.4 Å². The molecule has 2 aromatic carbocycles. The van der Waals surface area contributed by atoms with Gasteiger partial charge in [0.25, 0.3) is 5.91 Å². The second-order valence-electron chi connectivity index (χ2n) is 7.44. The van der Waals surface area contributed by atoms with Crippen LogP contribution >= 0.6 is 0 Å². The minimum atomic E-state index is -0.779. The van der Waals surface area contributed by atoms with Gasteiger partial charge >= 0.3 is 0 Å². The van der Waals surface area contributed by atoms with E-state index < -0.39 is 6.10 Å². The van der Waals surface area contributed by atoms with E-state index in [1.165, 1.54) is 0 Å². The number of carbonyl (C=O) groups excluding carboxylic acids is 2. The summed E-state index contributed by atoms with van der Waals surface area (Å²) in [4.78, 5) is 28.8. The summed E-state index contributed by atoms with van der Waals surface area (Å²) < 4.78 is 5.19. The van der Waals surface area contributed by atoms with E-state index in [-0.39, 0.29) is 24.3 Å². The molecule has 1 aliphatic rings. The van der Waals surface area contributed by atoms with E-state index >= 15 is 0 Å². The standard InChI is InChI=1S/C23H28N2O4/c1-24(16-21(26)19-9-6-10-20(15-19)29-2)22(27)18-11-13-25(14-12-18)23(28)17-7-4-3-5-8-17/h3-10,15,18,21,26H,11-14,16H2,1-2H3. The van der Waals surface area contributed by atoms with E-state index in [1.54, 1.807) is 25.1 Å². The number of likely N-dealkylation sites (N-methyl/N-ethyl adjacent to an activating group) is 1. The molecule has 0 radical (unpaired) electrons. The number of hydrogen-bond acceptors (Lipinski definition) is 4. The van der Waals surface area contributed by atoms with Crippen LogP contribution in [0, 0.1) is 5.92 Å². The molecular formula is C23H28N2O4. The molecule has 6 heteroatoms. The number of piperidine rings is 1. The lowest BCUT2D eigenvalue weighted by molar-refractivity contribution is -0.136. The Hall–Kier alpha value is -2.86. The minimum absolute atomic E-state index is 0.0123. The number of methoxy groups -OCH3 is 1. The number of amides is 2. The number of ether oxygens (including phenoxy) is 1. The number of benzene rings is 2. The number of likely N-dealkylation sites (tertiary alicyclic amines) is 1. The highest BCUT2D eigenvalue weighted by Crippen LogP contribution is 2.23. The molecule has 0 spiro atoms. The first-order valence-electron chi connectivity index (χ1n) is 9.91. The van der Waals surface area contributed by atoms with Crippen LogP contribution in [0.2, 0.25) is 0 Å². The molecule has 0 saturated carbocycles. The molecular weight excluding hydrogens is 368 g/mol. The van der Waals surface area contributed by atoms with Crippen LogP contribution < -0.4 is 4.74 Å². The van der Waals surface area contributed by atoms with Crippen molar-refractivity contribution in [1.29, 1.82) is 0 Å². The lowest BCUT2D eigenvalue weighted by Gasteiger charge is -2.33. The summed E-state index contributed by atoms with van der Waals surface area (Å²) in [6, 6.07) is 16.4. The Bertz CT molecular complexity index is 832. The molecule has 1 atom stereocenters. The summed E-state index contributed by atoms with van der Waals surface area (Å²) in [7, 11) is 3.29. The first kappa shape index (κ1) is 20.9. The number of aliphatic hydroxyl groups is 1. The van der Waals surface area contributed by atoms with Gasteiger partial charge in [-0.15, -0.1) is 0 Å². The van der Waals surface area contributed by atoms with Crippen molar-refractivity contribution in [2.24, 2.45) is 5.92 Å². The molecule has 1 aliphatic heterocycles. The Morgan fingerprint density at radius 1 is 1.14 bits per heavy atom.